The molecule has 0 N–H and O–H groups in total. The fourth-order valence-corrected chi connectivity index (χ4v) is 0.852. The second-order valence-corrected chi connectivity index (χ2v) is 2.38. The maximum Gasteiger partial charge on any atom is 0.320 e. The first-order valence-corrected chi connectivity index (χ1v) is 3.82. The predicted molar refractivity (Wildman–Crippen MR) is 44.0 cm³/mol. The van der Waals surface area contributed by atoms with Crippen LogP contribution >= 0.6 is 0 Å². The average Bonchev–Trinajstić information content (AvgIpc) is 2.17. The van der Waals surface area contributed by atoms with E-state index < -0.39 is 17.9 Å². The molecule has 76 valence electrons. The molecule has 0 unspecified atom stereocenters. The van der Waals surface area contributed by atoms with Crippen molar-refractivity contribution in [3.63, 3.8) is 0 Å². The van der Waals surface area contributed by atoms with E-state index in [0.717, 1.165) is 0 Å². The molecule has 0 heterocycles. The van der Waals surface area contributed by atoms with E-state index in [0.29, 0.717) is 6.61 Å². The van der Waals surface area contributed by atoms with Crippen LogP contribution < -0.4 is 0 Å². The Balaban J connectivity index is 4.18. The van der Waals surface area contributed by atoms with E-state index >= 15 is 0 Å². The number of rotatable bonds is 5. The van der Waals surface area contributed by atoms with Gasteiger partial charge in [-0.2, -0.15) is 0 Å². The first kappa shape index (κ1) is 11.9. The highest BCUT2D eigenvalue weighted by Gasteiger charge is 2.27. The lowest BCUT2D eigenvalue weighted by molar-refractivity contribution is -0.159. The monoisotopic (exact) mass is 190 g/mol. The molecule has 0 aromatic carbocycles. The SMILES string of the molecule is COCCC(C(=O)OC)C(=O)OC. The Kier molecular flexibility index (Phi) is 5.88. The smallest absolute Gasteiger partial charge is 0.320 e. The summed E-state index contributed by atoms with van der Waals surface area (Å²) in [5.74, 6) is -2.07. The third kappa shape index (κ3) is 3.89. The van der Waals surface area contributed by atoms with Crippen molar-refractivity contribution in [3.8, 4) is 0 Å². The van der Waals surface area contributed by atoms with Gasteiger partial charge in [-0.1, -0.05) is 0 Å². The Hall–Kier alpha value is -1.10. The Labute approximate surface area is 77.0 Å². The summed E-state index contributed by atoms with van der Waals surface area (Å²) in [5.41, 5.74) is 0. The van der Waals surface area contributed by atoms with Crippen LogP contribution in [0.4, 0.5) is 0 Å². The minimum Gasteiger partial charge on any atom is -0.468 e. The molecule has 0 aromatic rings. The molecule has 5 nitrogen and oxygen atoms in total. The molecule has 0 bridgehead atoms. The van der Waals surface area contributed by atoms with Gasteiger partial charge < -0.3 is 14.2 Å². The topological polar surface area (TPSA) is 61.8 Å². The molecule has 0 aliphatic carbocycles. The average molecular weight is 190 g/mol. The second kappa shape index (κ2) is 6.42. The van der Waals surface area contributed by atoms with Crippen molar-refractivity contribution in [3.05, 3.63) is 0 Å². The summed E-state index contributed by atoms with van der Waals surface area (Å²) in [6, 6.07) is 0. The van der Waals surface area contributed by atoms with E-state index in [1.165, 1.54) is 21.3 Å². The molecule has 0 rings (SSSR count). The van der Waals surface area contributed by atoms with Crippen LogP contribution in [0.1, 0.15) is 6.42 Å². The van der Waals surface area contributed by atoms with Gasteiger partial charge in [-0.25, -0.2) is 0 Å². The summed E-state index contributed by atoms with van der Waals surface area (Å²) >= 11 is 0. The maximum atomic E-state index is 11.0. The van der Waals surface area contributed by atoms with Gasteiger partial charge in [0.2, 0.25) is 0 Å². The summed E-state index contributed by atoms with van der Waals surface area (Å²) in [7, 11) is 3.95. The van der Waals surface area contributed by atoms with Crippen molar-refractivity contribution in [1.82, 2.24) is 0 Å². The van der Waals surface area contributed by atoms with Crippen LogP contribution in [0.5, 0.6) is 0 Å². The molecule has 0 spiro atoms. The Morgan fingerprint density at radius 2 is 1.54 bits per heavy atom. The molecule has 0 aliphatic rings. The van der Waals surface area contributed by atoms with Crippen LogP contribution in [-0.4, -0.2) is 39.9 Å². The molecule has 0 radical (unpaired) electrons. The van der Waals surface area contributed by atoms with Crippen molar-refractivity contribution < 1.29 is 23.8 Å². The number of hydrogen-bond donors (Lipinski definition) is 0. The fraction of sp³-hybridized carbons (Fsp3) is 0.750. The Morgan fingerprint density at radius 1 is 1.08 bits per heavy atom. The minimum atomic E-state index is -0.880. The highest BCUT2D eigenvalue weighted by atomic mass is 16.5. The maximum absolute atomic E-state index is 11.0. The van der Waals surface area contributed by atoms with Crippen LogP contribution in [-0.2, 0) is 23.8 Å². The summed E-state index contributed by atoms with van der Waals surface area (Å²) in [6.07, 6.45) is 0.274. The van der Waals surface area contributed by atoms with Crippen molar-refractivity contribution >= 4 is 11.9 Å². The van der Waals surface area contributed by atoms with Crippen molar-refractivity contribution in [2.45, 2.75) is 6.42 Å². The Morgan fingerprint density at radius 3 is 1.85 bits per heavy atom. The molecule has 0 fully saturated rings. The van der Waals surface area contributed by atoms with Crippen LogP contribution in [0, 0.1) is 5.92 Å². The molecule has 0 atom stereocenters. The number of ether oxygens (including phenoxy) is 3. The summed E-state index contributed by atoms with van der Waals surface area (Å²) < 4.78 is 13.6. The molecular weight excluding hydrogens is 176 g/mol. The third-order valence-electron chi connectivity index (χ3n) is 1.58. The first-order valence-electron chi connectivity index (χ1n) is 3.82. The lowest BCUT2D eigenvalue weighted by atomic mass is 10.1. The van der Waals surface area contributed by atoms with Crippen LogP contribution in [0.3, 0.4) is 0 Å². The van der Waals surface area contributed by atoms with Gasteiger partial charge in [0.15, 0.2) is 5.92 Å². The van der Waals surface area contributed by atoms with Crippen molar-refractivity contribution in [2.24, 2.45) is 5.92 Å². The van der Waals surface area contributed by atoms with Crippen LogP contribution in [0.25, 0.3) is 0 Å². The second-order valence-electron chi connectivity index (χ2n) is 2.38. The van der Waals surface area contributed by atoms with E-state index in [9.17, 15) is 9.59 Å². The van der Waals surface area contributed by atoms with Gasteiger partial charge >= 0.3 is 11.9 Å². The summed E-state index contributed by atoms with van der Waals surface area (Å²) in [6.45, 7) is 0.314. The number of methoxy groups -OCH3 is 3. The van der Waals surface area contributed by atoms with E-state index in [4.69, 9.17) is 4.74 Å². The first-order chi connectivity index (χ1) is 6.17. The number of carbonyl (C=O) groups is 2. The highest BCUT2D eigenvalue weighted by molar-refractivity contribution is 5.94. The number of esters is 2. The summed E-state index contributed by atoms with van der Waals surface area (Å²) in [4.78, 5) is 22.1. The van der Waals surface area contributed by atoms with Gasteiger partial charge in [0.1, 0.15) is 0 Å². The van der Waals surface area contributed by atoms with Crippen molar-refractivity contribution in [2.75, 3.05) is 27.9 Å². The van der Waals surface area contributed by atoms with Gasteiger partial charge in [0, 0.05) is 13.7 Å². The van der Waals surface area contributed by atoms with Crippen LogP contribution in [0.2, 0.25) is 0 Å². The van der Waals surface area contributed by atoms with E-state index in [1.807, 2.05) is 0 Å². The van der Waals surface area contributed by atoms with Gasteiger partial charge in [0.25, 0.3) is 0 Å². The standard InChI is InChI=1S/C8H14O5/c1-11-5-4-6(7(9)12-2)8(10)13-3/h6H,4-5H2,1-3H3. The quantitative estimate of drug-likeness (QED) is 0.450. The molecule has 0 aliphatic heterocycles. The number of carbonyl (C=O) groups excluding carboxylic acids is 2. The molecule has 0 saturated heterocycles. The normalized spacial score (nSPS) is 9.85. The molecular formula is C8H14O5. The Bertz CT molecular complexity index is 161. The molecule has 5 heteroatoms. The van der Waals surface area contributed by atoms with Crippen LogP contribution in [0.15, 0.2) is 0 Å². The zero-order chi connectivity index (χ0) is 10.3. The highest BCUT2D eigenvalue weighted by Crippen LogP contribution is 2.07. The van der Waals surface area contributed by atoms with E-state index in [1.54, 1.807) is 0 Å². The van der Waals surface area contributed by atoms with Gasteiger partial charge in [-0.3, -0.25) is 9.59 Å². The minimum absolute atomic E-state index is 0.274. The van der Waals surface area contributed by atoms with E-state index in [2.05, 4.69) is 9.47 Å². The van der Waals surface area contributed by atoms with E-state index in [-0.39, 0.29) is 6.42 Å². The molecule has 0 amide bonds. The zero-order valence-corrected chi connectivity index (χ0v) is 8.03. The lowest BCUT2D eigenvalue weighted by Crippen LogP contribution is -2.27. The zero-order valence-electron chi connectivity index (χ0n) is 8.03. The number of hydrogen-bond acceptors (Lipinski definition) is 5. The van der Waals surface area contributed by atoms with Crippen molar-refractivity contribution in [1.29, 1.82) is 0 Å². The third-order valence-corrected chi connectivity index (χ3v) is 1.58. The predicted octanol–water partition coefficient (Wildman–Crippen LogP) is -0.0149. The summed E-state index contributed by atoms with van der Waals surface area (Å²) in [5, 5.41) is 0. The molecule has 0 saturated carbocycles. The largest absolute Gasteiger partial charge is 0.468 e. The van der Waals surface area contributed by atoms with Gasteiger partial charge in [0.05, 0.1) is 14.2 Å². The fourth-order valence-electron chi connectivity index (χ4n) is 0.852. The molecule has 13 heavy (non-hydrogen) atoms. The van der Waals surface area contributed by atoms with Gasteiger partial charge in [-0.05, 0) is 6.42 Å². The molecule has 0 aromatic heterocycles. The lowest BCUT2D eigenvalue weighted by Gasteiger charge is -2.10. The van der Waals surface area contributed by atoms with Gasteiger partial charge in [-0.15, -0.1) is 0 Å².